The van der Waals surface area contributed by atoms with Crippen molar-refractivity contribution in [1.82, 2.24) is 4.98 Å². The summed E-state index contributed by atoms with van der Waals surface area (Å²) in [5, 5.41) is 11.4. The zero-order chi connectivity index (χ0) is 26.3. The van der Waals surface area contributed by atoms with E-state index in [1.54, 1.807) is 36.4 Å². The molecule has 37 heavy (non-hydrogen) atoms. The molecule has 0 aliphatic carbocycles. The Labute approximate surface area is 214 Å². The van der Waals surface area contributed by atoms with Crippen molar-refractivity contribution < 1.29 is 33.4 Å². The summed E-state index contributed by atoms with van der Waals surface area (Å²) in [5.74, 6) is -2.76. The van der Waals surface area contributed by atoms with Crippen LogP contribution in [0.2, 0.25) is 0 Å². The number of rotatable bonds is 5. The smallest absolute Gasteiger partial charge is 0.337 e. The van der Waals surface area contributed by atoms with E-state index in [0.717, 1.165) is 11.3 Å². The molecule has 1 aromatic heterocycles. The van der Waals surface area contributed by atoms with Crippen LogP contribution in [-0.4, -0.2) is 42.0 Å². The fourth-order valence-electron chi connectivity index (χ4n) is 4.18. The van der Waals surface area contributed by atoms with E-state index < -0.39 is 35.3 Å². The van der Waals surface area contributed by atoms with Gasteiger partial charge in [0.15, 0.2) is 5.13 Å². The first-order valence-corrected chi connectivity index (χ1v) is 11.8. The van der Waals surface area contributed by atoms with Crippen molar-refractivity contribution in [2.24, 2.45) is 0 Å². The van der Waals surface area contributed by atoms with Gasteiger partial charge in [0.05, 0.1) is 41.6 Å². The van der Waals surface area contributed by atoms with E-state index in [-0.39, 0.29) is 21.8 Å². The van der Waals surface area contributed by atoms with Crippen molar-refractivity contribution in [3.63, 3.8) is 0 Å². The number of fused-ring (bicyclic) bond motifs is 1. The highest BCUT2D eigenvalue weighted by Crippen LogP contribution is 2.44. The van der Waals surface area contributed by atoms with Crippen molar-refractivity contribution in [1.29, 1.82) is 0 Å². The normalized spacial score (nSPS) is 16.8. The minimum Gasteiger partial charge on any atom is -0.507 e. The molecule has 0 saturated carbocycles. The van der Waals surface area contributed by atoms with Crippen molar-refractivity contribution in [2.45, 2.75) is 6.04 Å². The Morgan fingerprint density at radius 1 is 1.03 bits per heavy atom. The third kappa shape index (κ3) is 4.21. The molecule has 0 spiro atoms. The summed E-state index contributed by atoms with van der Waals surface area (Å²) >= 11 is 1.04. The molecule has 3 aromatic carbocycles. The lowest BCUT2D eigenvalue weighted by molar-refractivity contribution is -0.132. The second kappa shape index (κ2) is 9.47. The van der Waals surface area contributed by atoms with Gasteiger partial charge in [-0.05, 0) is 48.0 Å². The van der Waals surface area contributed by atoms with E-state index in [0.29, 0.717) is 21.5 Å². The first-order valence-electron chi connectivity index (χ1n) is 11.0. The maximum Gasteiger partial charge on any atom is 0.337 e. The van der Waals surface area contributed by atoms with Gasteiger partial charge in [0.25, 0.3) is 5.78 Å². The minimum absolute atomic E-state index is 0.158. The van der Waals surface area contributed by atoms with Gasteiger partial charge in [0, 0.05) is 5.56 Å². The van der Waals surface area contributed by atoms with E-state index in [1.165, 1.54) is 49.5 Å². The van der Waals surface area contributed by atoms with Crippen LogP contribution in [0.5, 0.6) is 5.75 Å². The number of benzene rings is 3. The lowest BCUT2D eigenvalue weighted by Gasteiger charge is -2.23. The van der Waals surface area contributed by atoms with Crippen molar-refractivity contribution in [3.05, 3.63) is 94.8 Å². The number of aromatic nitrogens is 1. The molecule has 1 aliphatic rings. The average Bonchev–Trinajstić information content (AvgIpc) is 3.45. The van der Waals surface area contributed by atoms with Gasteiger partial charge in [-0.3, -0.25) is 14.5 Å². The lowest BCUT2D eigenvalue weighted by atomic mass is 9.94. The van der Waals surface area contributed by atoms with Crippen LogP contribution in [0.15, 0.2) is 72.3 Å². The van der Waals surface area contributed by atoms with Gasteiger partial charge in [-0.2, -0.15) is 0 Å². The van der Waals surface area contributed by atoms with Gasteiger partial charge < -0.3 is 14.6 Å². The Morgan fingerprint density at radius 2 is 1.78 bits per heavy atom. The predicted molar refractivity (Wildman–Crippen MR) is 135 cm³/mol. The van der Waals surface area contributed by atoms with E-state index >= 15 is 0 Å². The molecule has 4 aromatic rings. The number of aliphatic hydroxyl groups is 1. The third-order valence-corrected chi connectivity index (χ3v) is 7.00. The van der Waals surface area contributed by atoms with Crippen LogP contribution in [0.3, 0.4) is 0 Å². The van der Waals surface area contributed by atoms with Crippen LogP contribution in [-0.2, 0) is 14.3 Å². The summed E-state index contributed by atoms with van der Waals surface area (Å²) in [4.78, 5) is 44.3. The quantitative estimate of drug-likeness (QED) is 0.174. The zero-order valence-corrected chi connectivity index (χ0v) is 20.4. The molecule has 2 heterocycles. The number of Topliss-reactive ketones (excluding diaryl/α,β-unsaturated/α-hetero) is 1. The molecular formula is C27H19FN2O6S. The second-order valence-electron chi connectivity index (χ2n) is 8.12. The molecule has 10 heteroatoms. The van der Waals surface area contributed by atoms with Crippen molar-refractivity contribution in [2.75, 3.05) is 19.1 Å². The number of esters is 1. The van der Waals surface area contributed by atoms with Crippen molar-refractivity contribution in [3.8, 4) is 5.75 Å². The van der Waals surface area contributed by atoms with E-state index in [4.69, 9.17) is 9.47 Å². The summed E-state index contributed by atoms with van der Waals surface area (Å²) in [6.07, 6.45) is 0. The molecule has 1 N–H and O–H groups in total. The lowest BCUT2D eigenvalue weighted by Crippen LogP contribution is -2.29. The summed E-state index contributed by atoms with van der Waals surface area (Å²) in [6, 6.07) is 15.6. The number of nitrogens with zero attached hydrogens (tertiary/aromatic N) is 2. The molecule has 8 nitrogen and oxygen atoms in total. The number of ketones is 1. The summed E-state index contributed by atoms with van der Waals surface area (Å²) < 4.78 is 24.3. The molecule has 1 saturated heterocycles. The standard InChI is InChI=1S/C27H19FN2O6S/c1-35-18-5-3-4-16(12-18)23(31)21-22(14-6-8-15(9-7-14)26(34)36-2)30(25(33)24(21)32)27-29-19-11-10-17(28)13-20(19)37-27/h3-13,22,31H,1-2H3. The highest BCUT2D eigenvalue weighted by molar-refractivity contribution is 7.22. The summed E-state index contributed by atoms with van der Waals surface area (Å²) in [6.45, 7) is 0. The molecule has 1 atom stereocenters. The Balaban J connectivity index is 1.71. The Hall–Kier alpha value is -4.57. The SMILES string of the molecule is COC(=O)c1ccc(C2C(=C(O)c3cccc(OC)c3)C(=O)C(=O)N2c2nc3ccc(F)cc3s2)cc1. The fourth-order valence-corrected chi connectivity index (χ4v) is 5.20. The van der Waals surface area contributed by atoms with Gasteiger partial charge >= 0.3 is 11.9 Å². The monoisotopic (exact) mass is 518 g/mol. The second-order valence-corrected chi connectivity index (χ2v) is 9.13. The van der Waals surface area contributed by atoms with Crippen LogP contribution in [0.25, 0.3) is 16.0 Å². The molecule has 0 bridgehead atoms. The molecule has 1 aliphatic heterocycles. The fraction of sp³-hybridized carbons (Fsp3) is 0.111. The number of thiazole rings is 1. The van der Waals surface area contributed by atoms with Gasteiger partial charge in [-0.15, -0.1) is 0 Å². The number of carbonyl (C=O) groups excluding carboxylic acids is 3. The van der Waals surface area contributed by atoms with Crippen LogP contribution in [0, 0.1) is 5.82 Å². The maximum atomic E-state index is 13.8. The van der Waals surface area contributed by atoms with E-state index in [1.807, 2.05) is 0 Å². The summed E-state index contributed by atoms with van der Waals surface area (Å²) in [5.41, 5.74) is 1.29. The number of aliphatic hydroxyl groups excluding tert-OH is 1. The number of halogens is 1. The Morgan fingerprint density at radius 3 is 2.49 bits per heavy atom. The highest BCUT2D eigenvalue weighted by Gasteiger charge is 2.48. The number of amides is 1. The topological polar surface area (TPSA) is 106 Å². The minimum atomic E-state index is -1.07. The van der Waals surface area contributed by atoms with E-state index in [2.05, 4.69) is 4.98 Å². The number of anilines is 1. The van der Waals surface area contributed by atoms with Crippen molar-refractivity contribution >= 4 is 50.1 Å². The van der Waals surface area contributed by atoms with Crippen LogP contribution in [0.4, 0.5) is 9.52 Å². The van der Waals surface area contributed by atoms with Gasteiger partial charge in [-0.25, -0.2) is 14.2 Å². The van der Waals surface area contributed by atoms with Crippen LogP contribution < -0.4 is 9.64 Å². The van der Waals surface area contributed by atoms with Gasteiger partial charge in [0.2, 0.25) is 0 Å². The largest absolute Gasteiger partial charge is 0.507 e. The highest BCUT2D eigenvalue weighted by atomic mass is 32.1. The molecule has 5 rings (SSSR count). The van der Waals surface area contributed by atoms with Gasteiger partial charge in [0.1, 0.15) is 17.3 Å². The predicted octanol–water partition coefficient (Wildman–Crippen LogP) is 4.86. The molecule has 1 amide bonds. The Kier molecular flexibility index (Phi) is 6.18. The first kappa shape index (κ1) is 24.1. The number of carbonyl (C=O) groups is 3. The zero-order valence-electron chi connectivity index (χ0n) is 19.6. The Bertz CT molecular complexity index is 1590. The average molecular weight is 519 g/mol. The van der Waals surface area contributed by atoms with Gasteiger partial charge in [-0.1, -0.05) is 35.6 Å². The van der Waals surface area contributed by atoms with E-state index in [9.17, 15) is 23.9 Å². The molecular weight excluding hydrogens is 499 g/mol. The molecule has 1 fully saturated rings. The maximum absolute atomic E-state index is 13.8. The number of hydrogen-bond acceptors (Lipinski definition) is 8. The molecule has 1 unspecified atom stereocenters. The molecule has 186 valence electrons. The van der Waals surface area contributed by atoms with Crippen LogP contribution >= 0.6 is 11.3 Å². The number of hydrogen-bond donors (Lipinski definition) is 1. The first-order chi connectivity index (χ1) is 17.8. The summed E-state index contributed by atoms with van der Waals surface area (Å²) in [7, 11) is 2.73. The third-order valence-electron chi connectivity index (χ3n) is 5.98. The number of methoxy groups -OCH3 is 2. The van der Waals surface area contributed by atoms with Crippen LogP contribution in [0.1, 0.15) is 27.5 Å². The number of ether oxygens (including phenoxy) is 2. The molecule has 0 radical (unpaired) electrons.